The summed E-state index contributed by atoms with van der Waals surface area (Å²) in [5, 5.41) is 13.5. The van der Waals surface area contributed by atoms with Crippen molar-refractivity contribution in [2.45, 2.75) is 57.7 Å². The van der Waals surface area contributed by atoms with Gasteiger partial charge in [-0.05, 0) is 67.1 Å². The molecule has 0 aromatic heterocycles. The lowest BCUT2D eigenvalue weighted by Gasteiger charge is -2.53. The molecule has 2 unspecified atom stereocenters. The van der Waals surface area contributed by atoms with Crippen LogP contribution in [0.1, 0.15) is 40.5 Å². The van der Waals surface area contributed by atoms with E-state index in [4.69, 9.17) is 5.73 Å². The van der Waals surface area contributed by atoms with Crippen molar-refractivity contribution in [3.8, 4) is 0 Å². The zero-order chi connectivity index (χ0) is 13.4. The Kier molecular flexibility index (Phi) is 4.24. The summed E-state index contributed by atoms with van der Waals surface area (Å²) in [6, 6.07) is -0.0482. The number of nitrogens with zero attached hydrogens (tertiary/aromatic N) is 2. The second-order valence-electron chi connectivity index (χ2n) is 6.84. The van der Waals surface area contributed by atoms with E-state index >= 15 is 0 Å². The fourth-order valence-corrected chi connectivity index (χ4v) is 3.05. The minimum absolute atomic E-state index is 0.0482. The fraction of sp³-hybridized carbons (Fsp3) is 1.00. The molecule has 17 heavy (non-hydrogen) atoms. The van der Waals surface area contributed by atoms with E-state index in [1.807, 2.05) is 27.7 Å². The maximum atomic E-state index is 12.3. The standard InChI is InChI=1S/C13H28N3O/c1-12(2)9-10(7-8-15(5)6)11(14)13(3,4)16(12)17/h10-11H,7-9,14H2,1-6H3. The average Bonchev–Trinajstić information content (AvgIpc) is 2.20. The molecule has 1 aliphatic rings. The third-order valence-corrected chi connectivity index (χ3v) is 4.11. The van der Waals surface area contributed by atoms with Crippen LogP contribution in [-0.2, 0) is 5.21 Å². The van der Waals surface area contributed by atoms with Crippen LogP contribution in [0.25, 0.3) is 0 Å². The molecule has 2 N–H and O–H groups in total. The van der Waals surface area contributed by atoms with Gasteiger partial charge in [0.1, 0.15) is 0 Å². The number of hydrogen-bond acceptors (Lipinski definition) is 3. The van der Waals surface area contributed by atoms with E-state index in [0.717, 1.165) is 19.4 Å². The van der Waals surface area contributed by atoms with E-state index < -0.39 is 5.54 Å². The average molecular weight is 242 g/mol. The molecule has 101 valence electrons. The lowest BCUT2D eigenvalue weighted by molar-refractivity contribution is -0.299. The molecule has 1 saturated heterocycles. The summed E-state index contributed by atoms with van der Waals surface area (Å²) in [5.74, 6) is 0.424. The Morgan fingerprint density at radius 1 is 1.29 bits per heavy atom. The highest BCUT2D eigenvalue weighted by molar-refractivity contribution is 5.03. The summed E-state index contributed by atoms with van der Waals surface area (Å²) in [7, 11) is 4.15. The van der Waals surface area contributed by atoms with E-state index in [0.29, 0.717) is 5.92 Å². The van der Waals surface area contributed by atoms with Crippen LogP contribution in [0.2, 0.25) is 0 Å². The molecule has 0 aromatic rings. The first-order valence-electron chi connectivity index (χ1n) is 6.47. The van der Waals surface area contributed by atoms with Gasteiger partial charge in [-0.1, -0.05) is 0 Å². The predicted octanol–water partition coefficient (Wildman–Crippen LogP) is 1.49. The third-order valence-electron chi connectivity index (χ3n) is 4.11. The van der Waals surface area contributed by atoms with Gasteiger partial charge in [0.05, 0.1) is 5.54 Å². The summed E-state index contributed by atoms with van der Waals surface area (Å²) in [5.41, 5.74) is 5.51. The molecule has 0 spiro atoms. The summed E-state index contributed by atoms with van der Waals surface area (Å²) >= 11 is 0. The molecule has 0 aliphatic carbocycles. The molecular formula is C13H28N3O. The van der Waals surface area contributed by atoms with Crippen molar-refractivity contribution in [1.82, 2.24) is 9.96 Å². The highest BCUT2D eigenvalue weighted by atomic mass is 16.5. The van der Waals surface area contributed by atoms with Crippen molar-refractivity contribution in [2.75, 3.05) is 20.6 Å². The number of nitrogens with two attached hydrogens (primary N) is 1. The largest absolute Gasteiger partial charge is 0.326 e. The molecule has 1 heterocycles. The van der Waals surface area contributed by atoms with Gasteiger partial charge in [-0.15, -0.1) is 10.3 Å². The molecule has 1 fully saturated rings. The van der Waals surface area contributed by atoms with Gasteiger partial charge >= 0.3 is 0 Å². The van der Waals surface area contributed by atoms with Gasteiger partial charge in [0.15, 0.2) is 0 Å². The topological polar surface area (TPSA) is 52.4 Å². The molecule has 2 atom stereocenters. The zero-order valence-electron chi connectivity index (χ0n) is 12.2. The van der Waals surface area contributed by atoms with Crippen LogP contribution in [0, 0.1) is 5.92 Å². The first-order valence-corrected chi connectivity index (χ1v) is 6.47. The van der Waals surface area contributed by atoms with Crippen LogP contribution < -0.4 is 5.73 Å². The summed E-state index contributed by atoms with van der Waals surface area (Å²) in [6.07, 6.45) is 1.95. The Labute approximate surface area is 106 Å². The van der Waals surface area contributed by atoms with E-state index in [1.165, 1.54) is 5.06 Å². The lowest BCUT2D eigenvalue weighted by Crippen LogP contribution is -2.68. The highest BCUT2D eigenvalue weighted by Crippen LogP contribution is 2.40. The molecule has 0 bridgehead atoms. The van der Waals surface area contributed by atoms with Crippen molar-refractivity contribution >= 4 is 0 Å². The molecule has 0 aromatic carbocycles. The van der Waals surface area contributed by atoms with E-state index in [2.05, 4.69) is 19.0 Å². The number of piperidine rings is 1. The van der Waals surface area contributed by atoms with Crippen molar-refractivity contribution in [2.24, 2.45) is 11.7 Å². The molecule has 1 aliphatic heterocycles. The van der Waals surface area contributed by atoms with Gasteiger partial charge in [-0.3, -0.25) is 0 Å². The normalized spacial score (nSPS) is 33.0. The fourth-order valence-electron chi connectivity index (χ4n) is 3.05. The molecule has 4 heteroatoms. The second-order valence-corrected chi connectivity index (χ2v) is 6.84. The molecule has 1 rings (SSSR count). The first-order chi connectivity index (χ1) is 7.59. The zero-order valence-corrected chi connectivity index (χ0v) is 12.2. The van der Waals surface area contributed by atoms with Crippen LogP contribution >= 0.6 is 0 Å². The minimum atomic E-state index is -0.473. The summed E-state index contributed by atoms with van der Waals surface area (Å²) in [4.78, 5) is 2.18. The van der Waals surface area contributed by atoms with Gasteiger partial charge < -0.3 is 10.6 Å². The number of hydroxylamine groups is 2. The molecular weight excluding hydrogens is 214 g/mol. The lowest BCUT2D eigenvalue weighted by atomic mass is 9.70. The Balaban J connectivity index is 2.80. The van der Waals surface area contributed by atoms with Crippen LogP contribution in [0.3, 0.4) is 0 Å². The third kappa shape index (κ3) is 2.99. The van der Waals surface area contributed by atoms with Crippen LogP contribution in [0.5, 0.6) is 0 Å². The van der Waals surface area contributed by atoms with Crippen LogP contribution in [0.15, 0.2) is 0 Å². The molecule has 1 radical (unpaired) electrons. The quantitative estimate of drug-likeness (QED) is 0.816. The van der Waals surface area contributed by atoms with Crippen molar-refractivity contribution in [3.63, 3.8) is 0 Å². The summed E-state index contributed by atoms with van der Waals surface area (Å²) < 4.78 is 0. The Morgan fingerprint density at radius 3 is 2.29 bits per heavy atom. The SMILES string of the molecule is CN(C)CCC1CC(C)(C)N([O])C(C)(C)C1N. The summed E-state index contributed by atoms with van der Waals surface area (Å²) in [6.45, 7) is 9.01. The van der Waals surface area contributed by atoms with Crippen molar-refractivity contribution < 1.29 is 5.21 Å². The Morgan fingerprint density at radius 2 is 1.82 bits per heavy atom. The maximum Gasteiger partial charge on any atom is 0.0596 e. The van der Waals surface area contributed by atoms with E-state index in [1.54, 1.807) is 0 Å². The van der Waals surface area contributed by atoms with Crippen LogP contribution in [-0.4, -0.2) is 47.7 Å². The van der Waals surface area contributed by atoms with E-state index in [-0.39, 0.29) is 11.6 Å². The monoisotopic (exact) mass is 242 g/mol. The van der Waals surface area contributed by atoms with Crippen molar-refractivity contribution in [3.05, 3.63) is 0 Å². The molecule has 0 saturated carbocycles. The van der Waals surface area contributed by atoms with Gasteiger partial charge in [-0.25, -0.2) is 0 Å². The first kappa shape index (κ1) is 14.9. The Bertz CT molecular complexity index is 263. The van der Waals surface area contributed by atoms with Gasteiger partial charge in [0.2, 0.25) is 0 Å². The van der Waals surface area contributed by atoms with Crippen LogP contribution in [0.4, 0.5) is 0 Å². The predicted molar refractivity (Wildman–Crippen MR) is 69.9 cm³/mol. The Hall–Kier alpha value is -0.160. The van der Waals surface area contributed by atoms with Gasteiger partial charge in [0.25, 0.3) is 0 Å². The van der Waals surface area contributed by atoms with Gasteiger partial charge in [-0.2, -0.15) is 0 Å². The number of rotatable bonds is 3. The second kappa shape index (κ2) is 4.84. The molecule has 0 amide bonds. The minimum Gasteiger partial charge on any atom is -0.326 e. The van der Waals surface area contributed by atoms with Crippen molar-refractivity contribution in [1.29, 1.82) is 0 Å². The maximum absolute atomic E-state index is 12.3. The smallest absolute Gasteiger partial charge is 0.0596 e. The molecule has 4 nitrogen and oxygen atoms in total. The highest BCUT2D eigenvalue weighted by Gasteiger charge is 2.50. The number of hydrogen-bond donors (Lipinski definition) is 1. The van der Waals surface area contributed by atoms with Gasteiger partial charge in [0, 0.05) is 11.6 Å². The van der Waals surface area contributed by atoms with E-state index in [9.17, 15) is 5.21 Å².